The summed E-state index contributed by atoms with van der Waals surface area (Å²) in [4.78, 5) is 43.5. The zero-order valence-electron chi connectivity index (χ0n) is 20.8. The van der Waals surface area contributed by atoms with Crippen molar-refractivity contribution in [3.63, 3.8) is 0 Å². The van der Waals surface area contributed by atoms with E-state index >= 15 is 0 Å². The van der Waals surface area contributed by atoms with Gasteiger partial charge in [-0.2, -0.15) is 26.3 Å². The minimum atomic E-state index is -5.08. The molecule has 0 unspecified atom stereocenters. The Kier molecular flexibility index (Phi) is 16.2. The van der Waals surface area contributed by atoms with Crippen LogP contribution in [-0.2, 0) is 25.7 Å². The highest BCUT2D eigenvalue weighted by atomic mass is 19.4. The van der Waals surface area contributed by atoms with E-state index in [1.54, 1.807) is 0 Å². The molecule has 2 rings (SSSR count). The number of carbonyl (C=O) groups is 4. The molecule has 0 bridgehead atoms. The van der Waals surface area contributed by atoms with Gasteiger partial charge in [-0.25, -0.2) is 14.4 Å². The number of nitrogens with zero attached hydrogens (tertiary/aromatic N) is 1. The van der Waals surface area contributed by atoms with E-state index in [0.29, 0.717) is 13.0 Å². The molecule has 1 aromatic carbocycles. The highest BCUT2D eigenvalue weighted by molar-refractivity contribution is 5.81. The predicted octanol–water partition coefficient (Wildman–Crippen LogP) is 3.69. The molecule has 222 valence electrons. The number of hydrogen-bond acceptors (Lipinski definition) is 6. The molecule has 0 spiro atoms. The Morgan fingerprint density at radius 3 is 1.85 bits per heavy atom. The summed E-state index contributed by atoms with van der Waals surface area (Å²) in [6, 6.07) is 9.13. The standard InChI is InChI=1S/C19H29N3O3.2C2HF3O2/c20-17(18(23)22-13-7-2-8-14-22)11-5-6-12-21-19(24)25-15-16-9-3-1-4-10-16;2*3-2(4,5)1(6)7/h1,3-4,9-10,17H,2,5-8,11-15,20H2,(H,21,24);2*(H,6,7)/t17-;;/m0../s1. The maximum absolute atomic E-state index is 12.2. The summed E-state index contributed by atoms with van der Waals surface area (Å²) in [5.41, 5.74) is 6.96. The molecular formula is C23H31F6N3O7. The highest BCUT2D eigenvalue weighted by Crippen LogP contribution is 2.14. The number of piperidine rings is 1. The molecule has 1 atom stereocenters. The number of alkyl halides is 6. The predicted molar refractivity (Wildman–Crippen MR) is 124 cm³/mol. The number of hydrogen-bond donors (Lipinski definition) is 4. The fourth-order valence-electron chi connectivity index (χ4n) is 2.93. The fraction of sp³-hybridized carbons (Fsp3) is 0.565. The lowest BCUT2D eigenvalue weighted by Gasteiger charge is -2.29. The van der Waals surface area contributed by atoms with Gasteiger partial charge in [0.2, 0.25) is 5.91 Å². The van der Waals surface area contributed by atoms with Gasteiger partial charge in [-0.1, -0.05) is 30.3 Å². The van der Waals surface area contributed by atoms with E-state index in [1.165, 1.54) is 6.42 Å². The third-order valence-electron chi connectivity index (χ3n) is 4.89. The lowest BCUT2D eigenvalue weighted by molar-refractivity contribution is -0.193. The van der Waals surface area contributed by atoms with Crippen molar-refractivity contribution in [3.8, 4) is 0 Å². The SMILES string of the molecule is N[C@@H](CCCCNC(=O)OCc1ccccc1)C(=O)N1CCCCC1.O=C(O)C(F)(F)F.O=C(O)C(F)(F)F. The zero-order chi connectivity index (χ0) is 30.1. The molecule has 2 amide bonds. The van der Waals surface area contributed by atoms with Crippen molar-refractivity contribution in [1.82, 2.24) is 10.2 Å². The van der Waals surface area contributed by atoms with Crippen LogP contribution in [0.1, 0.15) is 44.1 Å². The van der Waals surface area contributed by atoms with Gasteiger partial charge in [-0.05, 0) is 44.1 Å². The Morgan fingerprint density at radius 1 is 0.897 bits per heavy atom. The number of benzene rings is 1. The number of halogens is 6. The monoisotopic (exact) mass is 575 g/mol. The molecule has 0 saturated carbocycles. The Bertz CT molecular complexity index is 868. The van der Waals surface area contributed by atoms with Crippen LogP contribution in [0.15, 0.2) is 30.3 Å². The first kappa shape index (κ1) is 35.4. The number of carboxylic acids is 2. The second kappa shape index (κ2) is 17.9. The first-order valence-electron chi connectivity index (χ1n) is 11.6. The number of ether oxygens (including phenoxy) is 1. The maximum atomic E-state index is 12.2. The molecule has 1 fully saturated rings. The molecule has 0 radical (unpaired) electrons. The van der Waals surface area contributed by atoms with Crippen LogP contribution in [0.4, 0.5) is 31.1 Å². The molecule has 0 aliphatic carbocycles. The number of nitrogens with two attached hydrogens (primary N) is 1. The molecule has 5 N–H and O–H groups in total. The second-order valence-corrected chi connectivity index (χ2v) is 8.08. The molecule has 10 nitrogen and oxygen atoms in total. The minimum Gasteiger partial charge on any atom is -0.475 e. The number of aliphatic carboxylic acids is 2. The maximum Gasteiger partial charge on any atom is 0.490 e. The van der Waals surface area contributed by atoms with Crippen molar-refractivity contribution < 1.29 is 60.5 Å². The van der Waals surface area contributed by atoms with Crippen molar-refractivity contribution in [2.75, 3.05) is 19.6 Å². The van der Waals surface area contributed by atoms with E-state index in [1.807, 2.05) is 35.2 Å². The normalized spacial score (nSPS) is 14.0. The average molecular weight is 576 g/mol. The number of likely N-dealkylation sites (tertiary alicyclic amines) is 1. The number of carbonyl (C=O) groups excluding carboxylic acids is 2. The number of unbranched alkanes of at least 4 members (excludes halogenated alkanes) is 1. The fourth-order valence-corrected chi connectivity index (χ4v) is 2.93. The summed E-state index contributed by atoms with van der Waals surface area (Å²) in [5, 5.41) is 17.0. The van der Waals surface area contributed by atoms with E-state index in [-0.39, 0.29) is 12.5 Å². The summed E-state index contributed by atoms with van der Waals surface area (Å²) < 4.78 is 68.6. The van der Waals surface area contributed by atoms with Gasteiger partial charge in [0.1, 0.15) is 6.61 Å². The molecule has 0 aromatic heterocycles. The Labute approximate surface area is 220 Å². The van der Waals surface area contributed by atoms with E-state index < -0.39 is 36.4 Å². The minimum absolute atomic E-state index is 0.0648. The highest BCUT2D eigenvalue weighted by Gasteiger charge is 2.38. The number of rotatable bonds is 8. The van der Waals surface area contributed by atoms with E-state index in [9.17, 15) is 35.9 Å². The molecule has 16 heteroatoms. The Hall–Kier alpha value is -3.56. The third-order valence-corrected chi connectivity index (χ3v) is 4.89. The summed E-state index contributed by atoms with van der Waals surface area (Å²) in [6.07, 6.45) is -5.00. The van der Waals surface area contributed by atoms with Gasteiger partial charge in [0, 0.05) is 19.6 Å². The van der Waals surface area contributed by atoms with Gasteiger partial charge in [0.25, 0.3) is 0 Å². The van der Waals surface area contributed by atoms with Crippen LogP contribution in [0.2, 0.25) is 0 Å². The van der Waals surface area contributed by atoms with Gasteiger partial charge in [-0.15, -0.1) is 0 Å². The molecule has 1 aliphatic rings. The van der Waals surface area contributed by atoms with Crippen molar-refractivity contribution in [2.45, 2.75) is 63.5 Å². The van der Waals surface area contributed by atoms with Crippen LogP contribution in [0.5, 0.6) is 0 Å². The van der Waals surface area contributed by atoms with Crippen LogP contribution in [-0.4, -0.2) is 77.1 Å². The van der Waals surface area contributed by atoms with Crippen molar-refractivity contribution >= 4 is 23.9 Å². The number of nitrogens with one attached hydrogen (secondary N) is 1. The van der Waals surface area contributed by atoms with Gasteiger partial charge in [-0.3, -0.25) is 4.79 Å². The van der Waals surface area contributed by atoms with Crippen LogP contribution < -0.4 is 11.1 Å². The molecule has 1 heterocycles. The summed E-state index contributed by atoms with van der Waals surface area (Å²) in [5.74, 6) is -5.45. The topological polar surface area (TPSA) is 159 Å². The van der Waals surface area contributed by atoms with Crippen molar-refractivity contribution in [3.05, 3.63) is 35.9 Å². The van der Waals surface area contributed by atoms with E-state index in [2.05, 4.69) is 5.32 Å². The van der Waals surface area contributed by atoms with Crippen molar-refractivity contribution in [1.29, 1.82) is 0 Å². The zero-order valence-corrected chi connectivity index (χ0v) is 20.8. The number of amides is 2. The summed E-state index contributed by atoms with van der Waals surface area (Å²) >= 11 is 0. The van der Waals surface area contributed by atoms with Gasteiger partial charge in [0.15, 0.2) is 0 Å². The van der Waals surface area contributed by atoms with Gasteiger partial charge >= 0.3 is 30.4 Å². The van der Waals surface area contributed by atoms with Gasteiger partial charge < -0.3 is 30.9 Å². The largest absolute Gasteiger partial charge is 0.490 e. The van der Waals surface area contributed by atoms with Crippen LogP contribution >= 0.6 is 0 Å². The summed E-state index contributed by atoms with van der Waals surface area (Å²) in [6.45, 7) is 2.46. The lowest BCUT2D eigenvalue weighted by atomic mass is 10.1. The third kappa shape index (κ3) is 17.6. The molecule has 39 heavy (non-hydrogen) atoms. The van der Waals surface area contributed by atoms with Crippen molar-refractivity contribution in [2.24, 2.45) is 5.73 Å². The Balaban J connectivity index is 0.000000848. The van der Waals surface area contributed by atoms with Crippen LogP contribution in [0.3, 0.4) is 0 Å². The van der Waals surface area contributed by atoms with Gasteiger partial charge in [0.05, 0.1) is 6.04 Å². The van der Waals surface area contributed by atoms with E-state index in [4.69, 9.17) is 30.3 Å². The molecule has 1 saturated heterocycles. The average Bonchev–Trinajstić information content (AvgIpc) is 2.87. The second-order valence-electron chi connectivity index (χ2n) is 8.08. The smallest absolute Gasteiger partial charge is 0.475 e. The van der Waals surface area contributed by atoms with E-state index in [0.717, 1.165) is 44.3 Å². The first-order valence-corrected chi connectivity index (χ1v) is 11.6. The number of carboxylic acid groups (broad SMARTS) is 2. The lowest BCUT2D eigenvalue weighted by Crippen LogP contribution is -2.45. The van der Waals surface area contributed by atoms with Crippen LogP contribution in [0, 0.1) is 0 Å². The first-order chi connectivity index (χ1) is 18.1. The Morgan fingerprint density at radius 2 is 1.38 bits per heavy atom. The van der Waals surface area contributed by atoms with Crippen LogP contribution in [0.25, 0.3) is 0 Å². The number of alkyl carbamates (subject to hydrolysis) is 1. The summed E-state index contributed by atoms with van der Waals surface area (Å²) in [7, 11) is 0. The molecule has 1 aliphatic heterocycles. The molecule has 1 aromatic rings. The molecular weight excluding hydrogens is 544 g/mol. The quantitative estimate of drug-likeness (QED) is 0.270.